The van der Waals surface area contributed by atoms with Crippen molar-refractivity contribution in [2.24, 2.45) is 0 Å². The first-order valence-electron chi connectivity index (χ1n) is 7.23. The Kier molecular flexibility index (Phi) is 3.12. The Morgan fingerprint density at radius 1 is 1.05 bits per heavy atom. The Balaban J connectivity index is 1.52. The number of anilines is 1. The summed E-state index contributed by atoms with van der Waals surface area (Å²) >= 11 is 0. The van der Waals surface area contributed by atoms with E-state index in [9.17, 15) is 0 Å². The molecule has 0 spiro atoms. The van der Waals surface area contributed by atoms with Gasteiger partial charge in [0.2, 0.25) is 0 Å². The molecule has 0 aromatic carbocycles. The van der Waals surface area contributed by atoms with E-state index >= 15 is 0 Å². The lowest BCUT2D eigenvalue weighted by Crippen LogP contribution is -2.58. The highest BCUT2D eigenvalue weighted by atomic mass is 16.5. The van der Waals surface area contributed by atoms with Crippen molar-refractivity contribution in [1.82, 2.24) is 15.1 Å². The molecule has 2 bridgehead atoms. The Labute approximate surface area is 123 Å². The number of likely N-dealkylation sites (N-methyl/N-ethyl adjacent to an activating group) is 1. The standard InChI is InChI=1S/C15H18N4O2/c1-18-6-12-8-19(9-13(7-18)21-12)15-3-2-14(16-17-15)11-4-5-20-10-11/h2-5,10,12-13H,6-9H2,1H3. The van der Waals surface area contributed by atoms with E-state index in [2.05, 4.69) is 27.0 Å². The maximum absolute atomic E-state index is 5.98. The second kappa shape index (κ2) is 5.13. The molecule has 4 rings (SSSR count). The van der Waals surface area contributed by atoms with Gasteiger partial charge >= 0.3 is 0 Å². The summed E-state index contributed by atoms with van der Waals surface area (Å²) in [7, 11) is 2.15. The normalized spacial score (nSPS) is 26.0. The maximum Gasteiger partial charge on any atom is 0.151 e. The third kappa shape index (κ3) is 2.52. The molecule has 2 aromatic rings. The molecule has 0 saturated carbocycles. The van der Waals surface area contributed by atoms with Gasteiger partial charge in [0, 0.05) is 31.7 Å². The van der Waals surface area contributed by atoms with Gasteiger partial charge in [0.05, 0.1) is 30.4 Å². The number of rotatable bonds is 2. The molecule has 4 heterocycles. The van der Waals surface area contributed by atoms with Crippen LogP contribution in [0.2, 0.25) is 0 Å². The fourth-order valence-electron chi connectivity index (χ4n) is 3.14. The highest BCUT2D eigenvalue weighted by Crippen LogP contribution is 2.23. The lowest BCUT2D eigenvalue weighted by atomic mass is 10.1. The zero-order chi connectivity index (χ0) is 14.2. The number of hydrogen-bond acceptors (Lipinski definition) is 6. The molecule has 6 nitrogen and oxygen atoms in total. The van der Waals surface area contributed by atoms with Crippen LogP contribution in [0.25, 0.3) is 11.3 Å². The van der Waals surface area contributed by atoms with Crippen molar-refractivity contribution in [3.8, 4) is 11.3 Å². The molecule has 2 aliphatic heterocycles. The lowest BCUT2D eigenvalue weighted by Gasteiger charge is -2.45. The fraction of sp³-hybridized carbons (Fsp3) is 0.467. The van der Waals surface area contributed by atoms with Crippen LogP contribution in [0, 0.1) is 0 Å². The summed E-state index contributed by atoms with van der Waals surface area (Å²) in [6.07, 6.45) is 3.85. The van der Waals surface area contributed by atoms with Gasteiger partial charge in [0.1, 0.15) is 0 Å². The lowest BCUT2D eigenvalue weighted by molar-refractivity contribution is -0.0877. The molecule has 2 unspecified atom stereocenters. The monoisotopic (exact) mass is 286 g/mol. The first-order chi connectivity index (χ1) is 10.3. The molecule has 2 fully saturated rings. The minimum absolute atomic E-state index is 0.262. The van der Waals surface area contributed by atoms with E-state index in [1.54, 1.807) is 12.5 Å². The number of furan rings is 1. The van der Waals surface area contributed by atoms with Crippen LogP contribution in [-0.2, 0) is 4.74 Å². The van der Waals surface area contributed by atoms with Crippen LogP contribution in [0.1, 0.15) is 0 Å². The molecule has 21 heavy (non-hydrogen) atoms. The minimum Gasteiger partial charge on any atom is -0.472 e. The average Bonchev–Trinajstić information content (AvgIpc) is 3.00. The number of aromatic nitrogens is 2. The van der Waals surface area contributed by atoms with E-state index in [1.807, 2.05) is 18.2 Å². The summed E-state index contributed by atoms with van der Waals surface area (Å²) in [4.78, 5) is 4.61. The van der Waals surface area contributed by atoms with E-state index in [0.29, 0.717) is 0 Å². The van der Waals surface area contributed by atoms with Crippen LogP contribution in [-0.4, -0.2) is 60.5 Å². The van der Waals surface area contributed by atoms with Gasteiger partial charge in [0.15, 0.2) is 5.82 Å². The topological polar surface area (TPSA) is 54.6 Å². The molecular formula is C15H18N4O2. The Morgan fingerprint density at radius 3 is 2.48 bits per heavy atom. The number of nitrogens with zero attached hydrogens (tertiary/aromatic N) is 4. The molecule has 2 aliphatic rings. The van der Waals surface area contributed by atoms with Gasteiger partial charge in [-0.1, -0.05) is 0 Å². The van der Waals surface area contributed by atoms with E-state index in [0.717, 1.165) is 43.3 Å². The van der Waals surface area contributed by atoms with Crippen molar-refractivity contribution in [2.75, 3.05) is 38.1 Å². The first kappa shape index (κ1) is 12.8. The van der Waals surface area contributed by atoms with E-state index in [1.165, 1.54) is 0 Å². The molecule has 6 heteroatoms. The van der Waals surface area contributed by atoms with Crippen LogP contribution in [0.5, 0.6) is 0 Å². The van der Waals surface area contributed by atoms with Crippen LogP contribution in [0.4, 0.5) is 5.82 Å². The third-order valence-electron chi connectivity index (χ3n) is 4.05. The average molecular weight is 286 g/mol. The molecule has 0 N–H and O–H groups in total. The quantitative estimate of drug-likeness (QED) is 0.828. The number of hydrogen-bond donors (Lipinski definition) is 0. The van der Waals surface area contributed by atoms with Gasteiger partial charge < -0.3 is 19.0 Å². The predicted molar refractivity (Wildman–Crippen MR) is 78.1 cm³/mol. The molecule has 0 aliphatic carbocycles. The van der Waals surface area contributed by atoms with Crippen molar-refractivity contribution >= 4 is 5.82 Å². The Bertz CT molecular complexity index is 581. The zero-order valence-electron chi connectivity index (χ0n) is 12.0. The van der Waals surface area contributed by atoms with Crippen molar-refractivity contribution < 1.29 is 9.15 Å². The van der Waals surface area contributed by atoms with Gasteiger partial charge in [-0.2, -0.15) is 0 Å². The first-order valence-corrected chi connectivity index (χ1v) is 7.23. The van der Waals surface area contributed by atoms with Crippen LogP contribution in [0.15, 0.2) is 35.1 Å². The maximum atomic E-state index is 5.98. The summed E-state index contributed by atoms with van der Waals surface area (Å²) in [6.45, 7) is 3.71. The molecule has 2 atom stereocenters. The van der Waals surface area contributed by atoms with Crippen molar-refractivity contribution in [1.29, 1.82) is 0 Å². The molecule has 2 saturated heterocycles. The number of ether oxygens (including phenoxy) is 1. The molecule has 110 valence electrons. The number of fused-ring (bicyclic) bond motifs is 2. The largest absolute Gasteiger partial charge is 0.472 e. The zero-order valence-corrected chi connectivity index (χ0v) is 12.0. The smallest absolute Gasteiger partial charge is 0.151 e. The highest BCUT2D eigenvalue weighted by molar-refractivity contribution is 5.58. The second-order valence-corrected chi connectivity index (χ2v) is 5.80. The summed E-state index contributed by atoms with van der Waals surface area (Å²) in [5.41, 5.74) is 1.79. The molecule has 0 radical (unpaired) electrons. The summed E-state index contributed by atoms with van der Waals surface area (Å²) in [6, 6.07) is 5.91. The molecule has 0 amide bonds. The Hall–Kier alpha value is -1.92. The second-order valence-electron chi connectivity index (χ2n) is 5.80. The van der Waals surface area contributed by atoms with Gasteiger partial charge in [-0.3, -0.25) is 0 Å². The Morgan fingerprint density at radius 2 is 1.86 bits per heavy atom. The van der Waals surface area contributed by atoms with Crippen LogP contribution < -0.4 is 4.90 Å². The molecule has 2 aromatic heterocycles. The van der Waals surface area contributed by atoms with Crippen molar-refractivity contribution in [3.63, 3.8) is 0 Å². The van der Waals surface area contributed by atoms with Gasteiger partial charge in [-0.05, 0) is 25.2 Å². The van der Waals surface area contributed by atoms with Crippen LogP contribution >= 0.6 is 0 Å². The van der Waals surface area contributed by atoms with Gasteiger partial charge in [0.25, 0.3) is 0 Å². The van der Waals surface area contributed by atoms with E-state index in [-0.39, 0.29) is 12.2 Å². The van der Waals surface area contributed by atoms with Crippen LogP contribution in [0.3, 0.4) is 0 Å². The van der Waals surface area contributed by atoms with E-state index in [4.69, 9.17) is 9.15 Å². The summed E-state index contributed by atoms with van der Waals surface area (Å²) in [5, 5.41) is 8.67. The van der Waals surface area contributed by atoms with Gasteiger partial charge in [-0.25, -0.2) is 0 Å². The summed E-state index contributed by atoms with van der Waals surface area (Å²) < 4.78 is 11.1. The van der Waals surface area contributed by atoms with Gasteiger partial charge in [-0.15, -0.1) is 10.2 Å². The fourth-order valence-corrected chi connectivity index (χ4v) is 3.14. The SMILES string of the molecule is CN1CC2CN(c3ccc(-c4ccoc4)nn3)CC(C1)O2. The van der Waals surface area contributed by atoms with E-state index < -0.39 is 0 Å². The van der Waals surface area contributed by atoms with Crippen molar-refractivity contribution in [2.45, 2.75) is 12.2 Å². The molecular weight excluding hydrogens is 268 g/mol. The summed E-state index contributed by atoms with van der Waals surface area (Å²) in [5.74, 6) is 0.921. The predicted octanol–water partition coefficient (Wildman–Crippen LogP) is 1.26. The van der Waals surface area contributed by atoms with Crippen molar-refractivity contribution in [3.05, 3.63) is 30.7 Å². The minimum atomic E-state index is 0.262. The number of morpholine rings is 2. The highest BCUT2D eigenvalue weighted by Gasteiger charge is 2.34. The third-order valence-corrected chi connectivity index (χ3v) is 4.05.